The third kappa shape index (κ3) is 3.08. The minimum Gasteiger partial charge on any atom is -0.493 e. The fourth-order valence-corrected chi connectivity index (χ4v) is 2.41. The van der Waals surface area contributed by atoms with Crippen molar-refractivity contribution in [3.05, 3.63) is 53.6 Å². The average molecular weight is 290 g/mol. The fourth-order valence-electron chi connectivity index (χ4n) is 2.00. The van der Waals surface area contributed by atoms with Crippen molar-refractivity contribution in [1.29, 1.82) is 0 Å². The molecule has 2 aromatic rings. The molecule has 2 aromatic carbocycles. The summed E-state index contributed by atoms with van der Waals surface area (Å²) in [6, 6.07) is 13.3. The second-order valence-electron chi connectivity index (χ2n) is 4.29. The van der Waals surface area contributed by atoms with Gasteiger partial charge in [-0.25, -0.2) is 0 Å². The molecule has 106 valence electrons. The predicted octanol–water partition coefficient (Wildman–Crippen LogP) is 3.51. The van der Waals surface area contributed by atoms with E-state index in [9.17, 15) is 5.11 Å². The van der Waals surface area contributed by atoms with Gasteiger partial charge in [0, 0.05) is 4.90 Å². The highest BCUT2D eigenvalue weighted by Crippen LogP contribution is 2.32. The number of aliphatic hydroxyl groups is 1. The molecule has 0 aromatic heterocycles. The molecule has 20 heavy (non-hydrogen) atoms. The maximum atomic E-state index is 10.4. The average Bonchev–Trinajstić information content (AvgIpc) is 2.53. The topological polar surface area (TPSA) is 38.7 Å². The Morgan fingerprint density at radius 3 is 2.05 bits per heavy atom. The summed E-state index contributed by atoms with van der Waals surface area (Å²) in [5.41, 5.74) is 1.63. The van der Waals surface area contributed by atoms with Crippen LogP contribution in [0.3, 0.4) is 0 Å². The molecule has 1 unspecified atom stereocenters. The number of thioether (sulfide) groups is 1. The van der Waals surface area contributed by atoms with Gasteiger partial charge in [-0.2, -0.15) is 0 Å². The highest BCUT2D eigenvalue weighted by Gasteiger charge is 2.13. The van der Waals surface area contributed by atoms with E-state index in [-0.39, 0.29) is 0 Å². The van der Waals surface area contributed by atoms with Crippen molar-refractivity contribution < 1.29 is 14.6 Å². The fraction of sp³-hybridized carbons (Fsp3) is 0.250. The highest BCUT2D eigenvalue weighted by molar-refractivity contribution is 7.98. The Hall–Kier alpha value is -1.65. The van der Waals surface area contributed by atoms with Crippen molar-refractivity contribution >= 4 is 11.8 Å². The summed E-state index contributed by atoms with van der Waals surface area (Å²) >= 11 is 1.68. The van der Waals surface area contributed by atoms with Crippen molar-refractivity contribution in [1.82, 2.24) is 0 Å². The van der Waals surface area contributed by atoms with Crippen LogP contribution >= 0.6 is 11.8 Å². The number of methoxy groups -OCH3 is 2. The Morgan fingerprint density at radius 1 is 0.900 bits per heavy atom. The second kappa shape index (κ2) is 6.68. The van der Waals surface area contributed by atoms with E-state index in [1.807, 2.05) is 36.6 Å². The number of rotatable bonds is 5. The molecule has 0 aliphatic rings. The maximum absolute atomic E-state index is 10.4. The van der Waals surface area contributed by atoms with Crippen molar-refractivity contribution in [2.45, 2.75) is 11.0 Å². The summed E-state index contributed by atoms with van der Waals surface area (Å²) < 4.78 is 10.5. The van der Waals surface area contributed by atoms with Crippen LogP contribution in [-0.2, 0) is 0 Å². The van der Waals surface area contributed by atoms with E-state index in [2.05, 4.69) is 0 Å². The third-order valence-corrected chi connectivity index (χ3v) is 3.90. The summed E-state index contributed by atoms with van der Waals surface area (Å²) in [5, 5.41) is 10.4. The van der Waals surface area contributed by atoms with Crippen LogP contribution in [0.2, 0.25) is 0 Å². The molecular formula is C16H18O3S. The van der Waals surface area contributed by atoms with Gasteiger partial charge in [0.25, 0.3) is 0 Å². The first-order valence-corrected chi connectivity index (χ1v) is 7.46. The van der Waals surface area contributed by atoms with Crippen LogP contribution in [-0.4, -0.2) is 25.6 Å². The second-order valence-corrected chi connectivity index (χ2v) is 5.17. The summed E-state index contributed by atoms with van der Waals surface area (Å²) in [6.07, 6.45) is 1.35. The molecule has 0 fully saturated rings. The SMILES string of the molecule is COc1ccc(C(O)c2ccc(SC)cc2)cc1OC. The van der Waals surface area contributed by atoms with Crippen molar-refractivity contribution in [2.24, 2.45) is 0 Å². The Labute approximate surface area is 123 Å². The van der Waals surface area contributed by atoms with E-state index in [1.165, 1.54) is 4.90 Å². The van der Waals surface area contributed by atoms with Crippen LogP contribution in [0.25, 0.3) is 0 Å². The van der Waals surface area contributed by atoms with Gasteiger partial charge in [-0.15, -0.1) is 11.8 Å². The van der Waals surface area contributed by atoms with Crippen LogP contribution in [0.1, 0.15) is 17.2 Å². The quantitative estimate of drug-likeness (QED) is 0.855. The lowest BCUT2D eigenvalue weighted by molar-refractivity contribution is 0.219. The van der Waals surface area contributed by atoms with E-state index in [1.54, 1.807) is 38.1 Å². The minimum atomic E-state index is -0.675. The minimum absolute atomic E-state index is 0.616. The zero-order valence-electron chi connectivity index (χ0n) is 11.8. The lowest BCUT2D eigenvalue weighted by atomic mass is 10.0. The number of hydrogen-bond donors (Lipinski definition) is 1. The van der Waals surface area contributed by atoms with Gasteiger partial charge in [-0.1, -0.05) is 18.2 Å². The molecule has 0 spiro atoms. The van der Waals surface area contributed by atoms with Crippen molar-refractivity contribution in [3.63, 3.8) is 0 Å². The monoisotopic (exact) mass is 290 g/mol. The molecule has 0 saturated heterocycles. The van der Waals surface area contributed by atoms with E-state index >= 15 is 0 Å². The molecule has 0 saturated carbocycles. The molecule has 0 bridgehead atoms. The lowest BCUT2D eigenvalue weighted by Crippen LogP contribution is -2.01. The van der Waals surface area contributed by atoms with Gasteiger partial charge in [-0.05, 0) is 41.6 Å². The molecule has 4 heteroatoms. The molecule has 3 nitrogen and oxygen atoms in total. The molecule has 0 heterocycles. The molecule has 1 N–H and O–H groups in total. The third-order valence-electron chi connectivity index (χ3n) is 3.15. The first-order chi connectivity index (χ1) is 9.69. The first kappa shape index (κ1) is 14.8. The molecular weight excluding hydrogens is 272 g/mol. The van der Waals surface area contributed by atoms with Gasteiger partial charge in [-0.3, -0.25) is 0 Å². The molecule has 0 amide bonds. The predicted molar refractivity (Wildman–Crippen MR) is 81.8 cm³/mol. The first-order valence-electron chi connectivity index (χ1n) is 6.23. The molecule has 0 aliphatic heterocycles. The number of hydrogen-bond acceptors (Lipinski definition) is 4. The van der Waals surface area contributed by atoms with Crippen LogP contribution < -0.4 is 9.47 Å². The van der Waals surface area contributed by atoms with E-state index in [4.69, 9.17) is 9.47 Å². The summed E-state index contributed by atoms with van der Waals surface area (Å²) in [6.45, 7) is 0. The maximum Gasteiger partial charge on any atom is 0.161 e. The van der Waals surface area contributed by atoms with E-state index in [0.29, 0.717) is 11.5 Å². The van der Waals surface area contributed by atoms with Crippen molar-refractivity contribution in [2.75, 3.05) is 20.5 Å². The van der Waals surface area contributed by atoms with Gasteiger partial charge < -0.3 is 14.6 Å². The van der Waals surface area contributed by atoms with Gasteiger partial charge in [0.1, 0.15) is 6.10 Å². The number of aliphatic hydroxyl groups excluding tert-OH is 1. The summed E-state index contributed by atoms with van der Waals surface area (Å²) in [7, 11) is 3.18. The van der Waals surface area contributed by atoms with Gasteiger partial charge in [0.15, 0.2) is 11.5 Å². The van der Waals surface area contributed by atoms with Crippen LogP contribution in [0.4, 0.5) is 0 Å². The van der Waals surface area contributed by atoms with Gasteiger partial charge in [0.2, 0.25) is 0 Å². The Bertz CT molecular complexity index is 566. The Morgan fingerprint density at radius 2 is 1.50 bits per heavy atom. The van der Waals surface area contributed by atoms with Crippen LogP contribution in [0, 0.1) is 0 Å². The molecule has 2 rings (SSSR count). The summed E-state index contributed by atoms with van der Waals surface area (Å²) in [5.74, 6) is 1.27. The smallest absolute Gasteiger partial charge is 0.161 e. The standard InChI is InChI=1S/C16H18O3S/c1-18-14-9-6-12(10-15(14)19-2)16(17)11-4-7-13(20-3)8-5-11/h4-10,16-17H,1-3H3. The Kier molecular flexibility index (Phi) is 4.93. The lowest BCUT2D eigenvalue weighted by Gasteiger charge is -2.14. The molecule has 1 atom stereocenters. The largest absolute Gasteiger partial charge is 0.493 e. The number of ether oxygens (including phenoxy) is 2. The molecule has 0 aliphatic carbocycles. The Balaban J connectivity index is 2.29. The number of benzene rings is 2. The van der Waals surface area contributed by atoms with Crippen molar-refractivity contribution in [3.8, 4) is 11.5 Å². The zero-order chi connectivity index (χ0) is 14.5. The molecule has 0 radical (unpaired) electrons. The van der Waals surface area contributed by atoms with Gasteiger partial charge >= 0.3 is 0 Å². The normalized spacial score (nSPS) is 12.0. The van der Waals surface area contributed by atoms with Gasteiger partial charge in [0.05, 0.1) is 14.2 Å². The highest BCUT2D eigenvalue weighted by atomic mass is 32.2. The van der Waals surface area contributed by atoms with Crippen LogP contribution in [0.15, 0.2) is 47.4 Å². The summed E-state index contributed by atoms with van der Waals surface area (Å²) in [4.78, 5) is 1.17. The zero-order valence-corrected chi connectivity index (χ0v) is 12.6. The van der Waals surface area contributed by atoms with Crippen LogP contribution in [0.5, 0.6) is 11.5 Å². The van der Waals surface area contributed by atoms with E-state index in [0.717, 1.165) is 11.1 Å². The van der Waals surface area contributed by atoms with E-state index < -0.39 is 6.10 Å².